The summed E-state index contributed by atoms with van der Waals surface area (Å²) in [6, 6.07) is 0.0357. The van der Waals surface area contributed by atoms with E-state index in [1.54, 1.807) is 4.57 Å². The minimum atomic E-state index is -0.112. The zero-order valence-corrected chi connectivity index (χ0v) is 13.7. The van der Waals surface area contributed by atoms with Gasteiger partial charge in [-0.2, -0.15) is 0 Å². The van der Waals surface area contributed by atoms with Crippen LogP contribution < -0.4 is 15.9 Å². The second-order valence-corrected chi connectivity index (χ2v) is 7.07. The van der Waals surface area contributed by atoms with Gasteiger partial charge < -0.3 is 11.1 Å². The highest BCUT2D eigenvalue weighted by molar-refractivity contribution is 7.09. The summed E-state index contributed by atoms with van der Waals surface area (Å²) in [5.41, 5.74) is 6.70. The lowest BCUT2D eigenvalue weighted by Gasteiger charge is -2.30. The van der Waals surface area contributed by atoms with E-state index in [1.165, 1.54) is 30.6 Å². The van der Waals surface area contributed by atoms with E-state index in [4.69, 9.17) is 5.73 Å². The molecule has 6 heteroatoms. The van der Waals surface area contributed by atoms with Crippen LogP contribution >= 0.6 is 11.3 Å². The lowest BCUT2D eigenvalue weighted by Crippen LogP contribution is -2.47. The van der Waals surface area contributed by atoms with Crippen LogP contribution in [-0.2, 0) is 11.3 Å². The number of aryl methyl sites for hydroxylation is 1. The molecule has 21 heavy (non-hydrogen) atoms. The van der Waals surface area contributed by atoms with E-state index in [0.29, 0.717) is 12.5 Å². The lowest BCUT2D eigenvalue weighted by molar-refractivity contribution is -0.122. The molecule has 0 radical (unpaired) electrons. The Morgan fingerprint density at radius 2 is 2.05 bits per heavy atom. The van der Waals surface area contributed by atoms with Crippen LogP contribution in [0, 0.1) is 19.8 Å². The molecule has 0 aromatic carbocycles. The average Bonchev–Trinajstić information content (AvgIpc) is 2.72. The first-order chi connectivity index (χ1) is 10.0. The van der Waals surface area contributed by atoms with Gasteiger partial charge in [-0.15, -0.1) is 0 Å². The monoisotopic (exact) mass is 311 g/mol. The van der Waals surface area contributed by atoms with Crippen LogP contribution in [0.4, 0.5) is 0 Å². The number of amides is 1. The van der Waals surface area contributed by atoms with Gasteiger partial charge in [0, 0.05) is 23.2 Å². The Morgan fingerprint density at radius 1 is 1.38 bits per heavy atom. The Kier molecular flexibility index (Phi) is 5.58. The molecule has 1 aromatic rings. The molecule has 5 nitrogen and oxygen atoms in total. The Hall–Kier alpha value is -1.14. The third-order valence-corrected chi connectivity index (χ3v) is 5.49. The first-order valence-electron chi connectivity index (χ1n) is 7.69. The van der Waals surface area contributed by atoms with Crippen molar-refractivity contribution in [3.8, 4) is 0 Å². The zero-order chi connectivity index (χ0) is 15.4. The maximum Gasteiger partial charge on any atom is 0.308 e. The summed E-state index contributed by atoms with van der Waals surface area (Å²) < 4.78 is 1.55. The maximum atomic E-state index is 12.2. The number of carbonyl (C=O) groups excluding carboxylic acids is 1. The number of nitrogens with zero attached hydrogens (tertiary/aromatic N) is 1. The van der Waals surface area contributed by atoms with Gasteiger partial charge in [0.05, 0.1) is 0 Å². The molecule has 1 fully saturated rings. The minimum absolute atomic E-state index is 0.0357. The molecular weight excluding hydrogens is 286 g/mol. The van der Waals surface area contributed by atoms with Crippen molar-refractivity contribution in [2.24, 2.45) is 11.7 Å². The van der Waals surface area contributed by atoms with Crippen molar-refractivity contribution in [1.82, 2.24) is 9.88 Å². The number of hydrogen-bond acceptors (Lipinski definition) is 4. The van der Waals surface area contributed by atoms with Gasteiger partial charge in [-0.1, -0.05) is 30.6 Å². The second-order valence-electron chi connectivity index (χ2n) is 5.90. The van der Waals surface area contributed by atoms with Crippen molar-refractivity contribution in [1.29, 1.82) is 0 Å². The Labute approximate surface area is 129 Å². The molecule has 1 atom stereocenters. The number of hydrogen-bond donors (Lipinski definition) is 2. The third kappa shape index (κ3) is 3.95. The highest BCUT2D eigenvalue weighted by atomic mass is 32.1. The molecule has 1 saturated carbocycles. The van der Waals surface area contributed by atoms with Gasteiger partial charge >= 0.3 is 4.87 Å². The predicted molar refractivity (Wildman–Crippen MR) is 85.6 cm³/mol. The summed E-state index contributed by atoms with van der Waals surface area (Å²) in [6.07, 6.45) is 6.00. The SMILES string of the molecule is Cc1sc(=O)n(CC(=O)NC(CN)C2CCCCC2)c1C. The highest BCUT2D eigenvalue weighted by Gasteiger charge is 2.24. The normalized spacial score (nSPS) is 17.7. The van der Waals surface area contributed by atoms with Crippen molar-refractivity contribution in [2.75, 3.05) is 6.54 Å². The number of nitrogens with two attached hydrogens (primary N) is 1. The third-order valence-electron chi connectivity index (χ3n) is 4.50. The molecule has 3 N–H and O–H groups in total. The fourth-order valence-electron chi connectivity index (χ4n) is 3.07. The molecule has 0 bridgehead atoms. The molecule has 2 rings (SSSR count). The van der Waals surface area contributed by atoms with Crippen molar-refractivity contribution < 1.29 is 4.79 Å². The van der Waals surface area contributed by atoms with Crippen LogP contribution in [0.3, 0.4) is 0 Å². The highest BCUT2D eigenvalue weighted by Crippen LogP contribution is 2.26. The Balaban J connectivity index is 1.98. The van der Waals surface area contributed by atoms with Crippen molar-refractivity contribution >= 4 is 17.2 Å². The molecule has 1 heterocycles. The molecule has 118 valence electrons. The standard InChI is InChI=1S/C15H25N3O2S/c1-10-11(2)21-15(20)18(10)9-14(19)17-13(8-16)12-6-4-3-5-7-12/h12-13H,3-9,16H2,1-2H3,(H,17,19). The number of aromatic nitrogens is 1. The summed E-state index contributed by atoms with van der Waals surface area (Å²) in [7, 11) is 0. The van der Waals surface area contributed by atoms with E-state index < -0.39 is 0 Å². The lowest BCUT2D eigenvalue weighted by atomic mass is 9.84. The van der Waals surface area contributed by atoms with E-state index in [2.05, 4.69) is 5.32 Å². The number of nitrogens with one attached hydrogen (secondary N) is 1. The van der Waals surface area contributed by atoms with E-state index in [-0.39, 0.29) is 23.4 Å². The first kappa shape index (κ1) is 16.2. The molecule has 1 aliphatic carbocycles. The average molecular weight is 311 g/mol. The van der Waals surface area contributed by atoms with Gasteiger partial charge in [-0.25, -0.2) is 0 Å². The molecule has 0 spiro atoms. The minimum Gasteiger partial charge on any atom is -0.350 e. The summed E-state index contributed by atoms with van der Waals surface area (Å²) in [5, 5.41) is 3.03. The van der Waals surface area contributed by atoms with Gasteiger partial charge in [-0.3, -0.25) is 14.2 Å². The van der Waals surface area contributed by atoms with Crippen molar-refractivity contribution in [3.63, 3.8) is 0 Å². The van der Waals surface area contributed by atoms with Gasteiger partial charge in [0.1, 0.15) is 6.54 Å². The van der Waals surface area contributed by atoms with E-state index in [0.717, 1.165) is 23.4 Å². The molecule has 1 unspecified atom stereocenters. The Morgan fingerprint density at radius 3 is 2.57 bits per heavy atom. The molecule has 1 amide bonds. The largest absolute Gasteiger partial charge is 0.350 e. The fourth-order valence-corrected chi connectivity index (χ4v) is 3.90. The van der Waals surface area contributed by atoms with Crippen LogP contribution in [-0.4, -0.2) is 23.1 Å². The van der Waals surface area contributed by atoms with Gasteiger partial charge in [0.25, 0.3) is 0 Å². The van der Waals surface area contributed by atoms with Gasteiger partial charge in [0.15, 0.2) is 0 Å². The van der Waals surface area contributed by atoms with Crippen LogP contribution in [0.25, 0.3) is 0 Å². The molecule has 1 aliphatic rings. The van der Waals surface area contributed by atoms with Crippen LogP contribution in [0.5, 0.6) is 0 Å². The van der Waals surface area contributed by atoms with E-state index >= 15 is 0 Å². The van der Waals surface area contributed by atoms with Crippen molar-refractivity contribution in [2.45, 2.75) is 58.5 Å². The second kappa shape index (κ2) is 7.22. The van der Waals surface area contributed by atoms with Gasteiger partial charge in [-0.05, 0) is 32.6 Å². The van der Waals surface area contributed by atoms with Crippen molar-refractivity contribution in [3.05, 3.63) is 20.2 Å². The number of carbonyl (C=O) groups is 1. The van der Waals surface area contributed by atoms with E-state index in [9.17, 15) is 9.59 Å². The zero-order valence-electron chi connectivity index (χ0n) is 12.9. The summed E-state index contributed by atoms with van der Waals surface area (Å²) >= 11 is 1.19. The maximum absolute atomic E-state index is 12.2. The first-order valence-corrected chi connectivity index (χ1v) is 8.50. The smallest absolute Gasteiger partial charge is 0.308 e. The van der Waals surface area contributed by atoms with Crippen LogP contribution in [0.1, 0.15) is 42.7 Å². The molecular formula is C15H25N3O2S. The number of thiazole rings is 1. The quantitative estimate of drug-likeness (QED) is 0.866. The van der Waals surface area contributed by atoms with E-state index in [1.807, 2.05) is 13.8 Å². The summed E-state index contributed by atoms with van der Waals surface area (Å²) in [6.45, 7) is 4.34. The molecule has 0 aliphatic heterocycles. The fraction of sp³-hybridized carbons (Fsp3) is 0.733. The van der Waals surface area contributed by atoms with Gasteiger partial charge in [0.2, 0.25) is 5.91 Å². The summed E-state index contributed by atoms with van der Waals surface area (Å²) in [5.74, 6) is 0.369. The number of rotatable bonds is 5. The predicted octanol–water partition coefficient (Wildman–Crippen LogP) is 1.55. The molecule has 0 saturated heterocycles. The van der Waals surface area contributed by atoms with Crippen LogP contribution in [0.15, 0.2) is 4.79 Å². The van der Waals surface area contributed by atoms with Crippen LogP contribution in [0.2, 0.25) is 0 Å². The summed E-state index contributed by atoms with van der Waals surface area (Å²) in [4.78, 5) is 24.9. The topological polar surface area (TPSA) is 77.1 Å². The molecule has 1 aromatic heterocycles. The Bertz CT molecular complexity index is 544.